The van der Waals surface area contributed by atoms with Crippen LogP contribution in [0.25, 0.3) is 11.3 Å². The summed E-state index contributed by atoms with van der Waals surface area (Å²) in [6.07, 6.45) is 5.69. The molecule has 0 spiro atoms. The summed E-state index contributed by atoms with van der Waals surface area (Å²) >= 11 is 1.41. The first kappa shape index (κ1) is 17.0. The minimum atomic E-state index is -0.149. The van der Waals surface area contributed by atoms with Crippen LogP contribution >= 0.6 is 11.8 Å². The first-order valence-electron chi connectivity index (χ1n) is 8.44. The van der Waals surface area contributed by atoms with Gasteiger partial charge in [0.1, 0.15) is 17.0 Å². The van der Waals surface area contributed by atoms with Gasteiger partial charge in [-0.1, -0.05) is 48.5 Å². The van der Waals surface area contributed by atoms with Crippen LogP contribution in [0.3, 0.4) is 0 Å². The number of carbonyl (C=O) groups is 1. The second kappa shape index (κ2) is 8.29. The molecule has 0 radical (unpaired) electrons. The molecule has 1 heterocycles. The number of hydrogen-bond acceptors (Lipinski definition) is 5. The highest BCUT2D eigenvalue weighted by Crippen LogP contribution is 2.24. The number of aryl methyl sites for hydroxylation is 1. The Labute approximate surface area is 147 Å². The average Bonchev–Trinajstić information content (AvgIpc) is 2.61. The Morgan fingerprint density at radius 1 is 1.17 bits per heavy atom. The smallest absolute Gasteiger partial charge is 0.316 e. The number of thioether (sulfide) groups is 1. The van der Waals surface area contributed by atoms with Crippen molar-refractivity contribution in [3.8, 4) is 11.3 Å². The molecular weight excluding hydrogens is 320 g/mol. The molecule has 1 aliphatic rings. The third-order valence-corrected chi connectivity index (χ3v) is 4.96. The van der Waals surface area contributed by atoms with E-state index in [4.69, 9.17) is 4.74 Å². The van der Waals surface area contributed by atoms with Gasteiger partial charge in [0, 0.05) is 5.56 Å². The predicted molar refractivity (Wildman–Crippen MR) is 95.9 cm³/mol. The van der Waals surface area contributed by atoms with E-state index in [0.717, 1.165) is 42.0 Å². The van der Waals surface area contributed by atoms with E-state index in [9.17, 15) is 4.79 Å². The summed E-state index contributed by atoms with van der Waals surface area (Å²) in [5, 5.41) is 0.807. The molecule has 1 fully saturated rings. The zero-order valence-electron chi connectivity index (χ0n) is 13.9. The lowest BCUT2D eigenvalue weighted by molar-refractivity contribution is -0.147. The number of carbonyl (C=O) groups excluding carboxylic acids is 1. The fourth-order valence-electron chi connectivity index (χ4n) is 2.91. The molecule has 1 aromatic heterocycles. The summed E-state index contributed by atoms with van der Waals surface area (Å²) < 4.78 is 5.55. The molecule has 24 heavy (non-hydrogen) atoms. The van der Waals surface area contributed by atoms with Crippen molar-refractivity contribution in [1.29, 1.82) is 0 Å². The van der Waals surface area contributed by atoms with E-state index in [0.29, 0.717) is 11.6 Å². The van der Waals surface area contributed by atoms with Crippen molar-refractivity contribution in [2.45, 2.75) is 50.2 Å². The quantitative estimate of drug-likeness (QED) is 0.457. The number of nitrogens with zero attached hydrogens (tertiary/aromatic N) is 2. The average molecular weight is 342 g/mol. The molecule has 0 aliphatic heterocycles. The lowest BCUT2D eigenvalue weighted by Crippen LogP contribution is -2.21. The van der Waals surface area contributed by atoms with E-state index in [-0.39, 0.29) is 12.1 Å². The van der Waals surface area contributed by atoms with Crippen LogP contribution < -0.4 is 0 Å². The van der Waals surface area contributed by atoms with Gasteiger partial charge in [-0.25, -0.2) is 9.97 Å². The van der Waals surface area contributed by atoms with Gasteiger partial charge < -0.3 is 4.74 Å². The van der Waals surface area contributed by atoms with E-state index in [2.05, 4.69) is 9.97 Å². The molecule has 0 atom stereocenters. The van der Waals surface area contributed by atoms with Crippen molar-refractivity contribution in [3.05, 3.63) is 42.2 Å². The summed E-state index contributed by atoms with van der Waals surface area (Å²) in [7, 11) is 0. The Morgan fingerprint density at radius 2 is 1.92 bits per heavy atom. The van der Waals surface area contributed by atoms with E-state index >= 15 is 0 Å². The molecule has 2 aromatic rings. The number of benzene rings is 1. The molecular formula is C19H22N2O2S. The first-order valence-corrected chi connectivity index (χ1v) is 9.42. The number of aromatic nitrogens is 2. The van der Waals surface area contributed by atoms with E-state index < -0.39 is 0 Å². The van der Waals surface area contributed by atoms with Crippen molar-refractivity contribution < 1.29 is 9.53 Å². The standard InChI is InChI=1S/C19H22N2O2S/c1-14-20-17(15-8-4-2-5-9-15)12-18(21-14)24-13-19(22)23-16-10-6-3-7-11-16/h2,4-5,8-9,12,16H,3,6-7,10-11,13H2,1H3. The van der Waals surface area contributed by atoms with E-state index in [1.807, 2.05) is 43.3 Å². The van der Waals surface area contributed by atoms with Crippen molar-refractivity contribution in [2.24, 2.45) is 0 Å². The second-order valence-corrected chi connectivity index (χ2v) is 7.04. The fourth-order valence-corrected chi connectivity index (χ4v) is 3.63. The maximum absolute atomic E-state index is 12.0. The molecule has 1 aromatic carbocycles. The maximum Gasteiger partial charge on any atom is 0.316 e. The van der Waals surface area contributed by atoms with Crippen LogP contribution in [0.1, 0.15) is 37.9 Å². The first-order chi connectivity index (χ1) is 11.7. The molecule has 0 bridgehead atoms. The van der Waals surface area contributed by atoms with Crippen LogP contribution in [0.5, 0.6) is 0 Å². The summed E-state index contributed by atoms with van der Waals surface area (Å²) in [5.41, 5.74) is 1.93. The lowest BCUT2D eigenvalue weighted by Gasteiger charge is -2.21. The van der Waals surface area contributed by atoms with Gasteiger partial charge in [-0.2, -0.15) is 0 Å². The SMILES string of the molecule is Cc1nc(SCC(=O)OC2CCCCC2)cc(-c2ccccc2)n1. The summed E-state index contributed by atoms with van der Waals surface area (Å²) in [4.78, 5) is 20.9. The summed E-state index contributed by atoms with van der Waals surface area (Å²) in [6.45, 7) is 1.87. The topological polar surface area (TPSA) is 52.1 Å². The van der Waals surface area contributed by atoms with Crippen LogP contribution in [-0.2, 0) is 9.53 Å². The van der Waals surface area contributed by atoms with Crippen molar-refractivity contribution in [3.63, 3.8) is 0 Å². The Hall–Kier alpha value is -1.88. The predicted octanol–water partition coefficient (Wildman–Crippen LogP) is 4.42. The monoisotopic (exact) mass is 342 g/mol. The second-order valence-electron chi connectivity index (χ2n) is 6.04. The molecule has 4 nitrogen and oxygen atoms in total. The summed E-state index contributed by atoms with van der Waals surface area (Å²) in [6, 6.07) is 11.9. The molecule has 1 saturated carbocycles. The Kier molecular flexibility index (Phi) is 5.86. The van der Waals surface area contributed by atoms with Gasteiger partial charge in [0.25, 0.3) is 0 Å². The van der Waals surface area contributed by atoms with E-state index in [1.54, 1.807) is 0 Å². The number of hydrogen-bond donors (Lipinski definition) is 0. The molecule has 0 N–H and O–H groups in total. The van der Waals surface area contributed by atoms with E-state index in [1.165, 1.54) is 18.2 Å². The molecule has 5 heteroatoms. The highest BCUT2D eigenvalue weighted by molar-refractivity contribution is 7.99. The number of rotatable bonds is 5. The Morgan fingerprint density at radius 3 is 2.67 bits per heavy atom. The zero-order chi connectivity index (χ0) is 16.8. The molecule has 0 amide bonds. The third kappa shape index (κ3) is 4.81. The fraction of sp³-hybridized carbons (Fsp3) is 0.421. The van der Waals surface area contributed by atoms with Crippen LogP contribution in [0, 0.1) is 6.92 Å². The van der Waals surface area contributed by atoms with Gasteiger partial charge in [0.05, 0.1) is 11.4 Å². The molecule has 0 unspecified atom stereocenters. The summed E-state index contributed by atoms with van der Waals surface area (Å²) in [5.74, 6) is 0.852. The highest BCUT2D eigenvalue weighted by atomic mass is 32.2. The lowest BCUT2D eigenvalue weighted by atomic mass is 9.98. The Balaban J connectivity index is 1.60. The third-order valence-electron chi connectivity index (χ3n) is 4.07. The maximum atomic E-state index is 12.0. The van der Waals surface area contributed by atoms with Gasteiger partial charge in [-0.05, 0) is 38.7 Å². The molecule has 1 aliphatic carbocycles. The molecule has 126 valence electrons. The highest BCUT2D eigenvalue weighted by Gasteiger charge is 2.18. The van der Waals surface area contributed by atoms with Crippen molar-refractivity contribution >= 4 is 17.7 Å². The van der Waals surface area contributed by atoms with Crippen LogP contribution in [0.2, 0.25) is 0 Å². The minimum Gasteiger partial charge on any atom is -0.462 e. The Bertz CT molecular complexity index is 685. The van der Waals surface area contributed by atoms with Crippen LogP contribution in [-0.4, -0.2) is 27.8 Å². The number of ether oxygens (including phenoxy) is 1. The van der Waals surface area contributed by atoms with Crippen LogP contribution in [0.15, 0.2) is 41.4 Å². The van der Waals surface area contributed by atoms with Crippen LogP contribution in [0.4, 0.5) is 0 Å². The van der Waals surface area contributed by atoms with Gasteiger partial charge in [-0.15, -0.1) is 0 Å². The number of esters is 1. The van der Waals surface area contributed by atoms with Crippen molar-refractivity contribution in [2.75, 3.05) is 5.75 Å². The van der Waals surface area contributed by atoms with Gasteiger partial charge in [0.2, 0.25) is 0 Å². The minimum absolute atomic E-state index is 0.110. The van der Waals surface area contributed by atoms with Crippen molar-refractivity contribution in [1.82, 2.24) is 9.97 Å². The van der Waals surface area contributed by atoms with Gasteiger partial charge >= 0.3 is 5.97 Å². The largest absolute Gasteiger partial charge is 0.462 e. The van der Waals surface area contributed by atoms with Gasteiger partial charge in [-0.3, -0.25) is 4.79 Å². The molecule has 3 rings (SSSR count). The normalized spacial score (nSPS) is 15.2. The zero-order valence-corrected chi connectivity index (χ0v) is 14.7. The molecule has 0 saturated heterocycles. The van der Waals surface area contributed by atoms with Gasteiger partial charge in [0.15, 0.2) is 0 Å².